The average Bonchev–Trinajstić information content (AvgIpc) is 2.41. The van der Waals surface area contributed by atoms with Gasteiger partial charge in [-0.15, -0.1) is 0 Å². The number of benzene rings is 2. The highest BCUT2D eigenvalue weighted by Crippen LogP contribution is 2.19. The minimum absolute atomic E-state index is 0.835. The summed E-state index contributed by atoms with van der Waals surface area (Å²) in [7, 11) is 0. The van der Waals surface area contributed by atoms with Crippen LogP contribution in [0.1, 0.15) is 17.5 Å². The standard InChI is InChI=1S/C16H15Cl/c17-16(15-11-5-2-6-12-15)13-7-10-14-8-3-1-4-9-14/h1-6,8-9,11-13H,7,10H2. The fraction of sp³-hybridized carbons (Fsp3) is 0.125. The monoisotopic (exact) mass is 242 g/mol. The van der Waals surface area contributed by atoms with Gasteiger partial charge >= 0.3 is 0 Å². The van der Waals surface area contributed by atoms with Crippen LogP contribution in [0.5, 0.6) is 0 Å². The Balaban J connectivity index is 1.93. The molecule has 0 nitrogen and oxygen atoms in total. The van der Waals surface area contributed by atoms with Crippen LogP contribution >= 0.6 is 11.6 Å². The van der Waals surface area contributed by atoms with E-state index in [-0.39, 0.29) is 0 Å². The van der Waals surface area contributed by atoms with Crippen molar-refractivity contribution in [3.05, 3.63) is 77.9 Å². The summed E-state index contributed by atoms with van der Waals surface area (Å²) in [5.74, 6) is 0. The van der Waals surface area contributed by atoms with Crippen LogP contribution in [0.2, 0.25) is 0 Å². The largest absolute Gasteiger partial charge is 0.0840 e. The molecule has 0 amide bonds. The maximum Gasteiger partial charge on any atom is 0.0438 e. The number of allylic oxidation sites excluding steroid dienone is 1. The van der Waals surface area contributed by atoms with E-state index in [1.165, 1.54) is 5.56 Å². The van der Waals surface area contributed by atoms with E-state index in [2.05, 4.69) is 30.3 Å². The molecule has 2 aromatic carbocycles. The molecule has 0 saturated carbocycles. The van der Waals surface area contributed by atoms with Crippen molar-refractivity contribution in [2.24, 2.45) is 0 Å². The number of rotatable bonds is 4. The molecule has 86 valence electrons. The molecule has 0 aliphatic carbocycles. The lowest BCUT2D eigenvalue weighted by molar-refractivity contribution is 1.00. The third-order valence-electron chi connectivity index (χ3n) is 2.65. The lowest BCUT2D eigenvalue weighted by atomic mass is 10.1. The van der Waals surface area contributed by atoms with E-state index in [1.54, 1.807) is 0 Å². The Labute approximate surface area is 108 Å². The molecule has 1 heteroatoms. The smallest absolute Gasteiger partial charge is 0.0438 e. The van der Waals surface area contributed by atoms with Gasteiger partial charge in [-0.25, -0.2) is 0 Å². The molecule has 0 aliphatic heterocycles. The second kappa shape index (κ2) is 6.27. The zero-order valence-electron chi connectivity index (χ0n) is 9.64. The topological polar surface area (TPSA) is 0 Å². The summed E-state index contributed by atoms with van der Waals surface area (Å²) < 4.78 is 0. The molecule has 0 bridgehead atoms. The number of halogens is 1. The predicted molar refractivity (Wildman–Crippen MR) is 75.0 cm³/mol. The van der Waals surface area contributed by atoms with Crippen molar-refractivity contribution in [1.29, 1.82) is 0 Å². The van der Waals surface area contributed by atoms with Crippen molar-refractivity contribution in [2.45, 2.75) is 12.8 Å². The first-order valence-corrected chi connectivity index (χ1v) is 6.19. The first kappa shape index (κ1) is 11.9. The number of aryl methyl sites for hydroxylation is 1. The van der Waals surface area contributed by atoms with E-state index < -0.39 is 0 Å². The third-order valence-corrected chi connectivity index (χ3v) is 3.02. The number of hydrogen-bond acceptors (Lipinski definition) is 0. The summed E-state index contributed by atoms with van der Waals surface area (Å²) >= 11 is 6.23. The fourth-order valence-corrected chi connectivity index (χ4v) is 1.96. The molecule has 17 heavy (non-hydrogen) atoms. The van der Waals surface area contributed by atoms with Gasteiger partial charge in [0.25, 0.3) is 0 Å². The van der Waals surface area contributed by atoms with Crippen LogP contribution < -0.4 is 0 Å². The van der Waals surface area contributed by atoms with Crippen LogP contribution in [-0.2, 0) is 6.42 Å². The van der Waals surface area contributed by atoms with Crippen molar-refractivity contribution in [3.63, 3.8) is 0 Å². The molecule has 0 aliphatic rings. The molecule has 2 rings (SSSR count). The Morgan fingerprint density at radius 1 is 0.882 bits per heavy atom. The van der Waals surface area contributed by atoms with Gasteiger partial charge in [-0.05, 0) is 24.0 Å². The molecule has 0 saturated heterocycles. The molecule has 0 spiro atoms. The Hall–Kier alpha value is -1.53. The van der Waals surface area contributed by atoms with Crippen LogP contribution in [0.3, 0.4) is 0 Å². The van der Waals surface area contributed by atoms with E-state index in [0.29, 0.717) is 0 Å². The van der Waals surface area contributed by atoms with Crippen LogP contribution in [0.25, 0.3) is 5.03 Å². The van der Waals surface area contributed by atoms with Crippen molar-refractivity contribution in [1.82, 2.24) is 0 Å². The average molecular weight is 243 g/mol. The molecule has 0 fully saturated rings. The Kier molecular flexibility index (Phi) is 4.40. The minimum atomic E-state index is 0.835. The highest BCUT2D eigenvalue weighted by Gasteiger charge is 1.96. The maximum atomic E-state index is 6.23. The van der Waals surface area contributed by atoms with Gasteiger partial charge in [0.2, 0.25) is 0 Å². The quantitative estimate of drug-likeness (QED) is 0.716. The van der Waals surface area contributed by atoms with Crippen molar-refractivity contribution >= 4 is 16.6 Å². The van der Waals surface area contributed by atoms with Gasteiger partial charge in [-0.1, -0.05) is 78.3 Å². The number of hydrogen-bond donors (Lipinski definition) is 0. The molecule has 2 aromatic rings. The van der Waals surface area contributed by atoms with Crippen LogP contribution in [0, 0.1) is 0 Å². The minimum Gasteiger partial charge on any atom is -0.0840 e. The van der Waals surface area contributed by atoms with E-state index in [9.17, 15) is 0 Å². The van der Waals surface area contributed by atoms with Gasteiger partial charge in [0.05, 0.1) is 0 Å². The molecule has 0 unspecified atom stereocenters. The summed E-state index contributed by atoms with van der Waals surface area (Å²) in [6, 6.07) is 20.5. The van der Waals surface area contributed by atoms with E-state index >= 15 is 0 Å². The highest BCUT2D eigenvalue weighted by atomic mass is 35.5. The van der Waals surface area contributed by atoms with Gasteiger partial charge < -0.3 is 0 Å². The highest BCUT2D eigenvalue weighted by molar-refractivity contribution is 6.48. The second-order valence-corrected chi connectivity index (χ2v) is 4.35. The van der Waals surface area contributed by atoms with Crippen LogP contribution in [0.15, 0.2) is 66.7 Å². The van der Waals surface area contributed by atoms with Gasteiger partial charge in [-0.2, -0.15) is 0 Å². The van der Waals surface area contributed by atoms with E-state index in [0.717, 1.165) is 23.4 Å². The first-order chi connectivity index (χ1) is 8.36. The molecule has 0 N–H and O–H groups in total. The molecule has 0 radical (unpaired) electrons. The Morgan fingerprint density at radius 3 is 2.12 bits per heavy atom. The normalized spacial score (nSPS) is 11.5. The van der Waals surface area contributed by atoms with Gasteiger partial charge in [0, 0.05) is 5.03 Å². The second-order valence-electron chi connectivity index (χ2n) is 3.94. The van der Waals surface area contributed by atoms with Crippen LogP contribution in [0.4, 0.5) is 0 Å². The molecule has 0 atom stereocenters. The maximum absolute atomic E-state index is 6.23. The zero-order chi connectivity index (χ0) is 11.9. The van der Waals surface area contributed by atoms with Crippen molar-refractivity contribution in [2.75, 3.05) is 0 Å². The van der Waals surface area contributed by atoms with Gasteiger partial charge in [0.15, 0.2) is 0 Å². The first-order valence-electron chi connectivity index (χ1n) is 5.81. The third kappa shape index (κ3) is 3.76. The summed E-state index contributed by atoms with van der Waals surface area (Å²) in [4.78, 5) is 0. The zero-order valence-corrected chi connectivity index (χ0v) is 10.4. The van der Waals surface area contributed by atoms with Gasteiger partial charge in [-0.3, -0.25) is 0 Å². The Bertz CT molecular complexity index is 471. The Morgan fingerprint density at radius 2 is 1.47 bits per heavy atom. The summed E-state index contributed by atoms with van der Waals surface area (Å²) in [5.41, 5.74) is 2.43. The molecule has 0 heterocycles. The molecule has 0 aromatic heterocycles. The fourth-order valence-electron chi connectivity index (χ4n) is 1.73. The van der Waals surface area contributed by atoms with Crippen molar-refractivity contribution in [3.8, 4) is 0 Å². The van der Waals surface area contributed by atoms with Crippen molar-refractivity contribution < 1.29 is 0 Å². The lowest BCUT2D eigenvalue weighted by Gasteiger charge is -2.00. The van der Waals surface area contributed by atoms with E-state index in [1.807, 2.05) is 36.4 Å². The predicted octanol–water partition coefficient (Wildman–Crippen LogP) is 4.90. The lowest BCUT2D eigenvalue weighted by Crippen LogP contribution is -1.82. The molecular formula is C16H15Cl. The van der Waals surface area contributed by atoms with E-state index in [4.69, 9.17) is 11.6 Å². The SMILES string of the molecule is ClC(=CCCc1ccccc1)c1ccccc1. The molecular weight excluding hydrogens is 228 g/mol. The summed E-state index contributed by atoms with van der Waals surface area (Å²) in [5, 5.41) is 0.835. The van der Waals surface area contributed by atoms with Gasteiger partial charge in [0.1, 0.15) is 0 Å². The summed E-state index contributed by atoms with van der Waals surface area (Å²) in [6.45, 7) is 0. The summed E-state index contributed by atoms with van der Waals surface area (Å²) in [6.07, 6.45) is 4.09. The van der Waals surface area contributed by atoms with Crippen LogP contribution in [-0.4, -0.2) is 0 Å².